The van der Waals surface area contributed by atoms with Crippen molar-refractivity contribution >= 4 is 0 Å². The van der Waals surface area contributed by atoms with Crippen LogP contribution in [0.3, 0.4) is 0 Å². The van der Waals surface area contributed by atoms with Crippen molar-refractivity contribution in [3.05, 3.63) is 42.1 Å². The Balaban J connectivity index is 1.22. The normalized spacial score (nSPS) is 44.0. The Bertz CT molecular complexity index is 818. The summed E-state index contributed by atoms with van der Waals surface area (Å²) in [5.74, 6) is 2.42. The van der Waals surface area contributed by atoms with Crippen LogP contribution in [0.15, 0.2) is 40.9 Å². The minimum atomic E-state index is -0.401. The van der Waals surface area contributed by atoms with E-state index in [1.807, 2.05) is 36.4 Å². The molecule has 124 valence electrons. The number of rotatable bonds is 4. The molecule has 0 aliphatic heterocycles. The van der Waals surface area contributed by atoms with E-state index < -0.39 is 5.60 Å². The van der Waals surface area contributed by atoms with Crippen LogP contribution >= 0.6 is 0 Å². The fraction of sp³-hybridized carbons (Fsp3) is 0.550. The second-order valence-electron chi connectivity index (χ2n) is 8.64. The Morgan fingerprint density at radius 2 is 2.00 bits per heavy atom. The zero-order valence-corrected chi connectivity index (χ0v) is 13.7. The Hall–Kier alpha value is -1.65. The summed E-state index contributed by atoms with van der Waals surface area (Å²) in [7, 11) is 0. The highest BCUT2D eigenvalue weighted by molar-refractivity contribution is 5.56. The number of nitrogens with zero attached hydrogens (tertiary/aromatic N) is 1. The van der Waals surface area contributed by atoms with Crippen LogP contribution in [0.2, 0.25) is 0 Å². The molecule has 4 aliphatic carbocycles. The topological polar surface area (TPSA) is 58.3 Å². The van der Waals surface area contributed by atoms with Crippen LogP contribution in [0.1, 0.15) is 37.8 Å². The Kier molecular flexibility index (Phi) is 2.34. The molecule has 5 unspecified atom stereocenters. The minimum absolute atomic E-state index is 0.152. The minimum Gasteiger partial charge on any atom is -0.390 e. The predicted molar refractivity (Wildman–Crippen MR) is 89.0 cm³/mol. The molecule has 4 heteroatoms. The highest BCUT2D eigenvalue weighted by Gasteiger charge is 2.83. The number of fused-ring (bicyclic) bond motifs is 1. The smallest absolute Gasteiger partial charge is 0.167 e. The lowest BCUT2D eigenvalue weighted by molar-refractivity contribution is -0.211. The Morgan fingerprint density at radius 3 is 2.79 bits per heavy atom. The number of hydrogen-bond acceptors (Lipinski definition) is 4. The van der Waals surface area contributed by atoms with E-state index in [9.17, 15) is 5.11 Å². The van der Waals surface area contributed by atoms with Crippen molar-refractivity contribution in [2.45, 2.75) is 49.8 Å². The zero-order chi connectivity index (χ0) is 16.0. The van der Waals surface area contributed by atoms with Gasteiger partial charge in [-0.1, -0.05) is 35.5 Å². The molecule has 1 heterocycles. The van der Waals surface area contributed by atoms with Crippen molar-refractivity contribution in [2.24, 2.45) is 17.3 Å². The Morgan fingerprint density at radius 1 is 1.17 bits per heavy atom. The van der Waals surface area contributed by atoms with Gasteiger partial charge >= 0.3 is 0 Å². The Labute approximate surface area is 141 Å². The molecule has 0 amide bonds. The average Bonchev–Trinajstić information content (AvgIpc) is 3.20. The average molecular weight is 322 g/mol. The van der Waals surface area contributed by atoms with Gasteiger partial charge in [-0.2, -0.15) is 0 Å². The lowest BCUT2D eigenvalue weighted by Crippen LogP contribution is -2.76. The summed E-state index contributed by atoms with van der Waals surface area (Å²) in [4.78, 5) is 0. The van der Waals surface area contributed by atoms with E-state index in [4.69, 9.17) is 4.52 Å². The first kappa shape index (κ1) is 13.6. The molecule has 1 spiro atoms. The highest BCUT2D eigenvalue weighted by atomic mass is 16.5. The third-order valence-corrected chi connectivity index (χ3v) is 7.62. The van der Waals surface area contributed by atoms with Crippen LogP contribution in [0, 0.1) is 17.3 Å². The maximum atomic E-state index is 10.9. The summed E-state index contributed by atoms with van der Waals surface area (Å²) in [5, 5.41) is 18.9. The maximum Gasteiger partial charge on any atom is 0.167 e. The lowest BCUT2D eigenvalue weighted by Gasteiger charge is -2.73. The molecule has 4 nitrogen and oxygen atoms in total. The summed E-state index contributed by atoms with van der Waals surface area (Å²) in [6.45, 7) is 0.730. The van der Waals surface area contributed by atoms with Crippen LogP contribution in [-0.2, 0) is 6.54 Å². The number of aromatic nitrogens is 1. The van der Waals surface area contributed by atoms with Gasteiger partial charge in [-0.3, -0.25) is 0 Å². The lowest BCUT2D eigenvalue weighted by atomic mass is 9.35. The van der Waals surface area contributed by atoms with Gasteiger partial charge in [-0.05, 0) is 49.4 Å². The van der Waals surface area contributed by atoms with Crippen LogP contribution in [-0.4, -0.2) is 21.4 Å². The number of hydrogen-bond donors (Lipinski definition) is 2. The molecular weight excluding hydrogens is 300 g/mol. The summed E-state index contributed by atoms with van der Waals surface area (Å²) < 4.78 is 5.51. The number of benzene rings is 1. The second kappa shape index (κ2) is 4.12. The van der Waals surface area contributed by atoms with E-state index in [1.165, 1.54) is 12.8 Å². The molecule has 24 heavy (non-hydrogen) atoms. The standard InChI is InChI=1S/C20H22N2O2/c23-18-8-14-6-15-9-19(11-18,20(14,15)12-18)21-10-16-7-17(24-22-16)13-4-2-1-3-5-13/h1-5,7,14-15,21,23H,6,8-12H2. The summed E-state index contributed by atoms with van der Waals surface area (Å²) >= 11 is 0. The monoisotopic (exact) mass is 322 g/mol. The van der Waals surface area contributed by atoms with E-state index in [1.54, 1.807) is 0 Å². The van der Waals surface area contributed by atoms with Gasteiger partial charge in [0.2, 0.25) is 0 Å². The van der Waals surface area contributed by atoms with Crippen LogP contribution in [0.25, 0.3) is 11.3 Å². The zero-order valence-electron chi connectivity index (χ0n) is 13.7. The van der Waals surface area contributed by atoms with E-state index in [0.29, 0.717) is 5.41 Å². The number of aliphatic hydroxyl groups is 1. The van der Waals surface area contributed by atoms with E-state index in [-0.39, 0.29) is 5.54 Å². The van der Waals surface area contributed by atoms with Crippen LogP contribution in [0.4, 0.5) is 0 Å². The van der Waals surface area contributed by atoms with Crippen LogP contribution in [0.5, 0.6) is 0 Å². The largest absolute Gasteiger partial charge is 0.390 e. The molecule has 0 radical (unpaired) electrons. The number of nitrogens with one attached hydrogen (secondary N) is 1. The van der Waals surface area contributed by atoms with Crippen molar-refractivity contribution in [1.82, 2.24) is 10.5 Å². The van der Waals surface area contributed by atoms with Crippen molar-refractivity contribution in [3.8, 4) is 11.3 Å². The van der Waals surface area contributed by atoms with Gasteiger partial charge in [-0.25, -0.2) is 0 Å². The van der Waals surface area contributed by atoms with Crippen molar-refractivity contribution < 1.29 is 9.63 Å². The maximum absolute atomic E-state index is 10.9. The molecule has 4 fully saturated rings. The molecule has 5 atom stereocenters. The van der Waals surface area contributed by atoms with E-state index >= 15 is 0 Å². The van der Waals surface area contributed by atoms with Gasteiger partial charge in [0, 0.05) is 23.7 Å². The van der Waals surface area contributed by atoms with Crippen molar-refractivity contribution in [2.75, 3.05) is 0 Å². The van der Waals surface area contributed by atoms with Gasteiger partial charge in [0.05, 0.1) is 11.3 Å². The molecule has 1 aromatic heterocycles. The molecule has 6 rings (SSSR count). The second-order valence-corrected chi connectivity index (χ2v) is 8.64. The first-order chi connectivity index (χ1) is 11.6. The van der Waals surface area contributed by atoms with Gasteiger partial charge in [0.25, 0.3) is 0 Å². The third kappa shape index (κ3) is 1.46. The van der Waals surface area contributed by atoms with Crippen molar-refractivity contribution in [1.29, 1.82) is 0 Å². The summed E-state index contributed by atoms with van der Waals surface area (Å²) in [5.41, 5.74) is 2.16. The molecule has 2 aromatic rings. The molecule has 4 aliphatic rings. The quantitative estimate of drug-likeness (QED) is 0.908. The first-order valence-electron chi connectivity index (χ1n) is 9.11. The molecule has 2 N–H and O–H groups in total. The highest BCUT2D eigenvalue weighted by Crippen LogP contribution is 2.83. The SMILES string of the molecule is OC12CC3CC4CC(NCc5cc(-c6ccccc6)on5)(C1)C34C2. The molecule has 2 bridgehead atoms. The van der Waals surface area contributed by atoms with Gasteiger partial charge in [0.15, 0.2) is 5.76 Å². The predicted octanol–water partition coefficient (Wildman–Crippen LogP) is 3.12. The van der Waals surface area contributed by atoms with E-state index in [0.717, 1.165) is 54.7 Å². The van der Waals surface area contributed by atoms with Gasteiger partial charge in [0.1, 0.15) is 0 Å². The van der Waals surface area contributed by atoms with Crippen LogP contribution < -0.4 is 5.32 Å². The van der Waals surface area contributed by atoms with Gasteiger partial charge in [-0.15, -0.1) is 0 Å². The van der Waals surface area contributed by atoms with Crippen molar-refractivity contribution in [3.63, 3.8) is 0 Å². The summed E-state index contributed by atoms with van der Waals surface area (Å²) in [6.07, 6.45) is 5.56. The molecular formula is C20H22N2O2. The fourth-order valence-corrected chi connectivity index (χ4v) is 6.89. The molecule has 4 saturated carbocycles. The first-order valence-corrected chi connectivity index (χ1v) is 9.11. The van der Waals surface area contributed by atoms with Gasteiger partial charge < -0.3 is 14.9 Å². The fourth-order valence-electron chi connectivity index (χ4n) is 6.89. The molecule has 0 saturated heterocycles. The summed E-state index contributed by atoms with van der Waals surface area (Å²) in [6, 6.07) is 12.1. The van der Waals surface area contributed by atoms with E-state index in [2.05, 4.69) is 10.5 Å². The third-order valence-electron chi connectivity index (χ3n) is 7.62. The molecule has 1 aromatic carbocycles.